The molecular formula is C23H23N3OS. The van der Waals surface area contributed by atoms with E-state index in [1.165, 1.54) is 25.7 Å². The van der Waals surface area contributed by atoms with Crippen molar-refractivity contribution in [2.45, 2.75) is 49.9 Å². The molecule has 0 atom stereocenters. The van der Waals surface area contributed by atoms with Crippen molar-refractivity contribution < 1.29 is 0 Å². The molecule has 0 radical (unpaired) electrons. The lowest BCUT2D eigenvalue weighted by molar-refractivity contribution is 0.800. The topological polar surface area (TPSA) is 50.7 Å². The van der Waals surface area contributed by atoms with Crippen molar-refractivity contribution in [1.82, 2.24) is 14.5 Å². The zero-order valence-corrected chi connectivity index (χ0v) is 17.0. The number of nitrogens with zero attached hydrogens (tertiary/aromatic N) is 2. The molecule has 2 aromatic carbocycles. The Morgan fingerprint density at radius 1 is 1.11 bits per heavy atom. The van der Waals surface area contributed by atoms with Crippen molar-refractivity contribution in [3.05, 3.63) is 63.9 Å². The number of aryl methyl sites for hydroxylation is 2. The van der Waals surface area contributed by atoms with Crippen molar-refractivity contribution >= 4 is 33.7 Å². The molecule has 0 amide bonds. The first-order valence-electron chi connectivity index (χ1n) is 9.89. The Balaban J connectivity index is 1.83. The molecular weight excluding hydrogens is 366 g/mol. The number of aromatic nitrogens is 3. The molecule has 1 fully saturated rings. The summed E-state index contributed by atoms with van der Waals surface area (Å²) in [5.74, 6) is 0. The third kappa shape index (κ3) is 2.85. The van der Waals surface area contributed by atoms with Gasteiger partial charge in [-0.25, -0.2) is 4.98 Å². The fourth-order valence-electron chi connectivity index (χ4n) is 4.15. The normalized spacial score (nSPS) is 15.1. The highest BCUT2D eigenvalue weighted by Crippen LogP contribution is 2.36. The van der Waals surface area contributed by atoms with E-state index in [1.54, 1.807) is 11.8 Å². The zero-order valence-electron chi connectivity index (χ0n) is 16.2. The summed E-state index contributed by atoms with van der Waals surface area (Å²) < 4.78 is 1.82. The first-order valence-corrected chi connectivity index (χ1v) is 10.8. The van der Waals surface area contributed by atoms with E-state index >= 15 is 0 Å². The van der Waals surface area contributed by atoms with Gasteiger partial charge in [-0.1, -0.05) is 54.9 Å². The summed E-state index contributed by atoms with van der Waals surface area (Å²) in [7, 11) is 0. The number of benzene rings is 2. The van der Waals surface area contributed by atoms with Crippen LogP contribution in [0.15, 0.2) is 52.4 Å². The van der Waals surface area contributed by atoms with Gasteiger partial charge in [-0.05, 0) is 49.9 Å². The minimum atomic E-state index is -0.0182. The molecule has 1 aliphatic carbocycles. The molecule has 0 spiro atoms. The van der Waals surface area contributed by atoms with Crippen LogP contribution in [0.1, 0.15) is 36.8 Å². The summed E-state index contributed by atoms with van der Waals surface area (Å²) in [6.45, 7) is 4.12. The fraction of sp³-hybridized carbons (Fsp3) is 0.304. The molecule has 4 nitrogen and oxygen atoms in total. The van der Waals surface area contributed by atoms with Crippen molar-refractivity contribution in [2.75, 3.05) is 0 Å². The molecule has 4 aromatic rings. The lowest BCUT2D eigenvalue weighted by Gasteiger charge is -2.17. The van der Waals surface area contributed by atoms with Gasteiger partial charge in [0.25, 0.3) is 5.56 Å². The molecule has 0 bridgehead atoms. The van der Waals surface area contributed by atoms with Crippen molar-refractivity contribution in [1.29, 1.82) is 0 Å². The summed E-state index contributed by atoms with van der Waals surface area (Å²) in [5.41, 5.74) is 5.45. The van der Waals surface area contributed by atoms with Gasteiger partial charge in [0.05, 0.1) is 5.69 Å². The molecule has 142 valence electrons. The number of rotatable bonds is 3. The highest BCUT2D eigenvalue weighted by molar-refractivity contribution is 7.99. The van der Waals surface area contributed by atoms with E-state index in [0.717, 1.165) is 38.4 Å². The quantitative estimate of drug-likeness (QED) is 0.470. The van der Waals surface area contributed by atoms with E-state index in [2.05, 4.69) is 37.0 Å². The van der Waals surface area contributed by atoms with Crippen LogP contribution in [-0.2, 0) is 0 Å². The van der Waals surface area contributed by atoms with Crippen LogP contribution in [0.25, 0.3) is 27.6 Å². The minimum Gasteiger partial charge on any atom is -0.349 e. The zero-order chi connectivity index (χ0) is 19.3. The van der Waals surface area contributed by atoms with Crippen molar-refractivity contribution in [2.24, 2.45) is 0 Å². The van der Waals surface area contributed by atoms with Crippen LogP contribution in [-0.4, -0.2) is 19.8 Å². The number of hydrogen-bond donors (Lipinski definition) is 1. The van der Waals surface area contributed by atoms with Gasteiger partial charge in [-0.15, -0.1) is 0 Å². The first kappa shape index (κ1) is 17.6. The number of nitrogens with one attached hydrogen (secondary N) is 1. The van der Waals surface area contributed by atoms with Gasteiger partial charge in [0.1, 0.15) is 11.0 Å². The molecule has 28 heavy (non-hydrogen) atoms. The molecule has 2 heterocycles. The number of fused-ring (bicyclic) bond motifs is 3. The van der Waals surface area contributed by atoms with Crippen LogP contribution in [0, 0.1) is 13.8 Å². The van der Waals surface area contributed by atoms with Crippen LogP contribution >= 0.6 is 11.8 Å². The maximum absolute atomic E-state index is 13.6. The average molecular weight is 390 g/mol. The Morgan fingerprint density at radius 3 is 2.71 bits per heavy atom. The number of hydrogen-bond acceptors (Lipinski definition) is 3. The Hall–Kier alpha value is -2.53. The highest BCUT2D eigenvalue weighted by atomic mass is 32.2. The van der Waals surface area contributed by atoms with Crippen LogP contribution in [0.5, 0.6) is 0 Å². The van der Waals surface area contributed by atoms with Crippen molar-refractivity contribution in [3.8, 4) is 5.69 Å². The Morgan fingerprint density at radius 2 is 1.89 bits per heavy atom. The van der Waals surface area contributed by atoms with Gasteiger partial charge in [-0.3, -0.25) is 9.36 Å². The van der Waals surface area contributed by atoms with E-state index in [-0.39, 0.29) is 5.56 Å². The minimum absolute atomic E-state index is 0.0182. The number of para-hydroxylation sites is 1. The number of thioether (sulfide) groups is 1. The molecule has 0 unspecified atom stereocenters. The Kier molecular flexibility index (Phi) is 4.27. The highest BCUT2D eigenvalue weighted by Gasteiger charge is 2.23. The van der Waals surface area contributed by atoms with Crippen LogP contribution < -0.4 is 5.56 Å². The largest absolute Gasteiger partial charge is 0.349 e. The summed E-state index contributed by atoms with van der Waals surface area (Å²) in [6, 6.07) is 14.3. The van der Waals surface area contributed by atoms with E-state index < -0.39 is 0 Å². The molecule has 0 aliphatic heterocycles. The first-order chi connectivity index (χ1) is 13.6. The lowest BCUT2D eigenvalue weighted by atomic mass is 10.1. The van der Waals surface area contributed by atoms with E-state index in [1.807, 2.05) is 28.8 Å². The monoisotopic (exact) mass is 389 g/mol. The van der Waals surface area contributed by atoms with E-state index in [9.17, 15) is 4.79 Å². The Labute approximate surface area is 168 Å². The summed E-state index contributed by atoms with van der Waals surface area (Å²) in [6.07, 6.45) is 4.92. The van der Waals surface area contributed by atoms with Gasteiger partial charge in [-0.2, -0.15) is 0 Å². The second kappa shape index (κ2) is 6.82. The maximum Gasteiger partial charge on any atom is 0.283 e. The van der Waals surface area contributed by atoms with Gasteiger partial charge < -0.3 is 4.98 Å². The van der Waals surface area contributed by atoms with Crippen LogP contribution in [0.2, 0.25) is 0 Å². The van der Waals surface area contributed by atoms with Crippen molar-refractivity contribution in [3.63, 3.8) is 0 Å². The van der Waals surface area contributed by atoms with Gasteiger partial charge in [0, 0.05) is 16.2 Å². The SMILES string of the molecule is Cc1ccc(C)c(-n2c(SC3CCCC3)nc3c([nH]c4ccccc43)c2=O)c1. The standard InChI is InChI=1S/C23H23N3OS/c1-14-11-12-15(2)19(13-14)26-22(27)21-20(17-9-5-6-10-18(17)24-21)25-23(26)28-16-7-3-4-8-16/h5-6,9-13,16,24H,3-4,7-8H2,1-2H3. The molecule has 2 aromatic heterocycles. The fourth-order valence-corrected chi connectivity index (χ4v) is 5.45. The van der Waals surface area contributed by atoms with E-state index in [4.69, 9.17) is 4.98 Å². The number of H-pyrrole nitrogens is 1. The smallest absolute Gasteiger partial charge is 0.283 e. The lowest BCUT2D eigenvalue weighted by Crippen LogP contribution is -2.23. The summed E-state index contributed by atoms with van der Waals surface area (Å²) >= 11 is 1.77. The van der Waals surface area contributed by atoms with E-state index in [0.29, 0.717) is 10.8 Å². The van der Waals surface area contributed by atoms with Crippen LogP contribution in [0.4, 0.5) is 0 Å². The third-order valence-electron chi connectivity index (χ3n) is 5.67. The molecule has 1 aliphatic rings. The third-order valence-corrected chi connectivity index (χ3v) is 6.96. The van der Waals surface area contributed by atoms with Gasteiger partial charge in [0.15, 0.2) is 5.16 Å². The number of aromatic amines is 1. The predicted octanol–water partition coefficient (Wildman–Crippen LogP) is 5.52. The van der Waals surface area contributed by atoms with Gasteiger partial charge >= 0.3 is 0 Å². The molecule has 1 N–H and O–H groups in total. The van der Waals surface area contributed by atoms with Crippen LogP contribution in [0.3, 0.4) is 0 Å². The molecule has 5 rings (SSSR count). The second-order valence-corrected chi connectivity index (χ2v) is 9.01. The molecule has 1 saturated carbocycles. The average Bonchev–Trinajstić information content (AvgIpc) is 3.33. The van der Waals surface area contributed by atoms with Gasteiger partial charge in [0.2, 0.25) is 0 Å². The molecule has 5 heteroatoms. The summed E-state index contributed by atoms with van der Waals surface area (Å²) in [4.78, 5) is 22.0. The maximum atomic E-state index is 13.6. The summed E-state index contributed by atoms with van der Waals surface area (Å²) in [5, 5.41) is 2.35. The Bertz CT molecular complexity index is 1250. The predicted molar refractivity (Wildman–Crippen MR) is 117 cm³/mol. The second-order valence-electron chi connectivity index (χ2n) is 7.74. The molecule has 0 saturated heterocycles.